The number of ether oxygens (including phenoxy) is 2. The van der Waals surface area contributed by atoms with Crippen LogP contribution < -0.4 is 10.3 Å². The molecule has 0 amide bonds. The zero-order chi connectivity index (χ0) is 26.1. The maximum absolute atomic E-state index is 13.2. The molecule has 2 aromatic carbocycles. The average Bonchev–Trinajstić information content (AvgIpc) is 3.14. The lowest BCUT2D eigenvalue weighted by atomic mass is 10.1. The second kappa shape index (κ2) is 9.73. The smallest absolute Gasteiger partial charge is 0.387 e. The summed E-state index contributed by atoms with van der Waals surface area (Å²) >= 11 is 0. The van der Waals surface area contributed by atoms with Gasteiger partial charge in [0, 0.05) is 35.1 Å². The Hall–Kier alpha value is -4.34. The number of rotatable bonds is 7. The Bertz CT molecular complexity index is 1520. The lowest BCUT2D eigenvalue weighted by molar-refractivity contribution is -0.0498. The van der Waals surface area contributed by atoms with Crippen molar-refractivity contribution in [2.75, 3.05) is 0 Å². The molecule has 4 aromatic rings. The van der Waals surface area contributed by atoms with Crippen molar-refractivity contribution < 1.29 is 27.8 Å². The van der Waals surface area contributed by atoms with Crippen molar-refractivity contribution in [2.45, 2.75) is 33.5 Å². The molecule has 0 saturated carbocycles. The Kier molecular flexibility index (Phi) is 6.69. The third kappa shape index (κ3) is 4.61. The highest BCUT2D eigenvalue weighted by molar-refractivity contribution is 6.05. The predicted molar refractivity (Wildman–Crippen MR) is 128 cm³/mol. The fourth-order valence-electron chi connectivity index (χ4n) is 4.13. The van der Waals surface area contributed by atoms with E-state index < -0.39 is 24.5 Å². The number of ketones is 1. The molecule has 2 heterocycles. The van der Waals surface area contributed by atoms with Gasteiger partial charge in [-0.2, -0.15) is 13.9 Å². The highest BCUT2D eigenvalue weighted by atomic mass is 19.3. The number of carbonyl (C=O) groups is 2. The summed E-state index contributed by atoms with van der Waals surface area (Å²) in [5.41, 5.74) is 1.89. The van der Waals surface area contributed by atoms with E-state index in [1.807, 2.05) is 0 Å². The molecule has 36 heavy (non-hydrogen) atoms. The van der Waals surface area contributed by atoms with E-state index in [2.05, 4.69) is 9.84 Å². The summed E-state index contributed by atoms with van der Waals surface area (Å²) in [5.74, 6) is -1.23. The van der Waals surface area contributed by atoms with Gasteiger partial charge < -0.3 is 14.0 Å². The molecule has 0 bridgehead atoms. The molecule has 0 fully saturated rings. The van der Waals surface area contributed by atoms with Gasteiger partial charge in [-0.15, -0.1) is 0 Å². The molecule has 0 aliphatic heterocycles. The molecule has 4 rings (SSSR count). The Labute approximate surface area is 204 Å². The largest absolute Gasteiger partial charge is 0.449 e. The molecule has 1 unspecified atom stereocenters. The quantitative estimate of drug-likeness (QED) is 0.279. The zero-order valence-corrected chi connectivity index (χ0v) is 20.0. The summed E-state index contributed by atoms with van der Waals surface area (Å²) in [6.07, 6.45) is -1.13. The van der Waals surface area contributed by atoms with E-state index >= 15 is 0 Å². The number of alkyl halides is 2. The monoisotopic (exact) mass is 495 g/mol. The number of aromatic nitrogens is 3. The number of fused-ring (bicyclic) bond motifs is 1. The Balaban J connectivity index is 1.59. The van der Waals surface area contributed by atoms with Crippen molar-refractivity contribution in [1.29, 1.82) is 0 Å². The minimum Gasteiger partial charge on any atom is -0.449 e. The van der Waals surface area contributed by atoms with Gasteiger partial charge in [0.2, 0.25) is 5.78 Å². The van der Waals surface area contributed by atoms with Gasteiger partial charge in [-0.05, 0) is 57.2 Å². The molecule has 8 nitrogen and oxygen atoms in total. The molecule has 0 spiro atoms. The minimum atomic E-state index is -2.92. The van der Waals surface area contributed by atoms with Gasteiger partial charge in [0.25, 0.3) is 5.56 Å². The molecule has 2 aromatic heterocycles. The van der Waals surface area contributed by atoms with Gasteiger partial charge in [-0.1, -0.05) is 18.2 Å². The molecule has 186 valence electrons. The molecule has 0 saturated heterocycles. The van der Waals surface area contributed by atoms with E-state index in [1.165, 1.54) is 26.1 Å². The van der Waals surface area contributed by atoms with Crippen LogP contribution in [0.15, 0.2) is 59.4 Å². The summed E-state index contributed by atoms with van der Waals surface area (Å²) in [4.78, 5) is 38.5. The van der Waals surface area contributed by atoms with Crippen molar-refractivity contribution in [2.24, 2.45) is 7.05 Å². The highest BCUT2D eigenvalue weighted by Gasteiger charge is 2.26. The van der Waals surface area contributed by atoms with E-state index in [4.69, 9.17) is 4.74 Å². The second-order valence-corrected chi connectivity index (χ2v) is 8.23. The number of esters is 1. The van der Waals surface area contributed by atoms with Gasteiger partial charge in [-0.25, -0.2) is 9.48 Å². The molecular formula is C26H23F2N3O5. The fourth-order valence-corrected chi connectivity index (χ4v) is 4.13. The van der Waals surface area contributed by atoms with Crippen LogP contribution in [0, 0.1) is 13.8 Å². The van der Waals surface area contributed by atoms with Crippen LogP contribution in [0.1, 0.15) is 39.2 Å². The van der Waals surface area contributed by atoms with Crippen molar-refractivity contribution in [3.05, 3.63) is 87.6 Å². The second-order valence-electron chi connectivity index (χ2n) is 8.23. The predicted octanol–water partition coefficient (Wildman–Crippen LogP) is 4.37. The van der Waals surface area contributed by atoms with Crippen molar-refractivity contribution >= 4 is 22.5 Å². The highest BCUT2D eigenvalue weighted by Crippen LogP contribution is 2.25. The fraction of sp³-hybridized carbons (Fsp3) is 0.231. The Morgan fingerprint density at radius 2 is 1.64 bits per heavy atom. The number of benzene rings is 2. The van der Waals surface area contributed by atoms with Crippen LogP contribution >= 0.6 is 0 Å². The van der Waals surface area contributed by atoms with E-state index in [9.17, 15) is 23.2 Å². The average molecular weight is 495 g/mol. The standard InChI is InChI=1S/C26H23F2N3O5/c1-14-13-21(15(2)31(14)17-9-11-18(12-10-17)36-26(27)28)23(32)16(3)35-25(34)22-19-7-5-6-8-20(19)24(33)30(4)29-22/h5-13,16,26H,1-4H3. The molecule has 0 aliphatic rings. The first-order valence-corrected chi connectivity index (χ1v) is 11.0. The zero-order valence-electron chi connectivity index (χ0n) is 20.0. The summed E-state index contributed by atoms with van der Waals surface area (Å²) < 4.78 is 37.5. The molecule has 0 radical (unpaired) electrons. The lowest BCUT2D eigenvalue weighted by Crippen LogP contribution is -2.28. The van der Waals surface area contributed by atoms with Gasteiger partial charge in [0.1, 0.15) is 5.75 Å². The number of hydrogen-bond donors (Lipinski definition) is 0. The maximum atomic E-state index is 13.2. The summed E-state index contributed by atoms with van der Waals surface area (Å²) in [6.45, 7) is 2.08. The first kappa shape index (κ1) is 24.8. The van der Waals surface area contributed by atoms with E-state index in [0.717, 1.165) is 10.4 Å². The normalized spacial score (nSPS) is 12.1. The number of aryl methyl sites for hydroxylation is 2. The summed E-state index contributed by atoms with van der Waals surface area (Å²) in [5, 5.41) is 4.69. The molecular weight excluding hydrogens is 472 g/mol. The minimum absolute atomic E-state index is 0.0209. The summed E-state index contributed by atoms with van der Waals surface area (Å²) in [7, 11) is 1.43. The first-order chi connectivity index (χ1) is 17.1. The van der Waals surface area contributed by atoms with E-state index in [1.54, 1.807) is 60.9 Å². The third-order valence-electron chi connectivity index (χ3n) is 5.82. The number of Topliss-reactive ketones (excluding diaryl/α,β-unsaturated/α-hetero) is 1. The van der Waals surface area contributed by atoms with Crippen LogP contribution in [0.25, 0.3) is 16.5 Å². The van der Waals surface area contributed by atoms with Gasteiger partial charge >= 0.3 is 12.6 Å². The Morgan fingerprint density at radius 3 is 2.28 bits per heavy atom. The van der Waals surface area contributed by atoms with Crippen molar-refractivity contribution in [3.63, 3.8) is 0 Å². The molecule has 10 heteroatoms. The van der Waals surface area contributed by atoms with Crippen LogP contribution in [0.4, 0.5) is 8.78 Å². The lowest BCUT2D eigenvalue weighted by Gasteiger charge is -2.14. The van der Waals surface area contributed by atoms with E-state index in [-0.39, 0.29) is 17.0 Å². The topological polar surface area (TPSA) is 92.4 Å². The number of carbonyl (C=O) groups excluding carboxylic acids is 2. The third-order valence-corrected chi connectivity index (χ3v) is 5.82. The first-order valence-electron chi connectivity index (χ1n) is 11.0. The maximum Gasteiger partial charge on any atom is 0.387 e. The Morgan fingerprint density at radius 1 is 1.00 bits per heavy atom. The van der Waals surface area contributed by atoms with Crippen LogP contribution in [-0.4, -0.2) is 38.8 Å². The molecule has 0 N–H and O–H groups in total. The molecule has 1 atom stereocenters. The van der Waals surface area contributed by atoms with Crippen LogP contribution in [0.2, 0.25) is 0 Å². The summed E-state index contributed by atoms with van der Waals surface area (Å²) in [6, 6.07) is 14.2. The van der Waals surface area contributed by atoms with Crippen molar-refractivity contribution in [1.82, 2.24) is 14.3 Å². The van der Waals surface area contributed by atoms with Crippen LogP contribution in [0.3, 0.4) is 0 Å². The van der Waals surface area contributed by atoms with Gasteiger partial charge in [0.05, 0.1) is 5.39 Å². The number of halogens is 2. The van der Waals surface area contributed by atoms with Crippen LogP contribution in [-0.2, 0) is 11.8 Å². The number of nitrogens with zero attached hydrogens (tertiary/aromatic N) is 3. The number of hydrogen-bond acceptors (Lipinski definition) is 6. The van der Waals surface area contributed by atoms with Crippen molar-refractivity contribution in [3.8, 4) is 11.4 Å². The SMILES string of the molecule is Cc1cc(C(=O)C(C)OC(=O)c2nn(C)c(=O)c3ccccc23)c(C)n1-c1ccc(OC(F)F)cc1. The molecule has 0 aliphatic carbocycles. The van der Waals surface area contributed by atoms with Gasteiger partial charge in [0.15, 0.2) is 11.8 Å². The van der Waals surface area contributed by atoms with Gasteiger partial charge in [-0.3, -0.25) is 9.59 Å². The van der Waals surface area contributed by atoms with Crippen LogP contribution in [0.5, 0.6) is 5.75 Å². The van der Waals surface area contributed by atoms with E-state index in [0.29, 0.717) is 27.7 Å².